The predicted molar refractivity (Wildman–Crippen MR) is 79.6 cm³/mol. The number of ether oxygens (including phenoxy) is 1. The number of esters is 1. The quantitative estimate of drug-likeness (QED) is 0.675. The minimum Gasteiger partial charge on any atom is -0.508 e. The summed E-state index contributed by atoms with van der Waals surface area (Å²) in [7, 11) is 0. The molecule has 0 saturated heterocycles. The van der Waals surface area contributed by atoms with Crippen LogP contribution in [0.25, 0.3) is 22.0 Å². The van der Waals surface area contributed by atoms with Gasteiger partial charge in [0, 0.05) is 17.0 Å². The van der Waals surface area contributed by atoms with Gasteiger partial charge in [-0.05, 0) is 29.8 Å². The van der Waals surface area contributed by atoms with E-state index in [4.69, 9.17) is 4.74 Å². The van der Waals surface area contributed by atoms with Crippen LogP contribution in [0, 0.1) is 5.82 Å². The van der Waals surface area contributed by atoms with E-state index in [1.165, 1.54) is 24.3 Å². The lowest BCUT2D eigenvalue weighted by atomic mass is 9.94. The Bertz CT molecular complexity index is 984. The van der Waals surface area contributed by atoms with Gasteiger partial charge in [-0.1, -0.05) is 6.07 Å². The maximum Gasteiger partial charge on any atom is 0.341 e. The van der Waals surface area contributed by atoms with Gasteiger partial charge in [0.2, 0.25) is 0 Å². The topological polar surface area (TPSA) is 79.7 Å². The zero-order valence-corrected chi connectivity index (χ0v) is 11.7. The molecule has 114 valence electrons. The fourth-order valence-electron chi connectivity index (χ4n) is 2.80. The number of aromatic nitrogens is 1. The van der Waals surface area contributed by atoms with E-state index < -0.39 is 17.5 Å². The molecule has 6 heteroatoms. The van der Waals surface area contributed by atoms with Gasteiger partial charge in [-0.25, -0.2) is 14.2 Å². The second kappa shape index (κ2) is 4.67. The van der Waals surface area contributed by atoms with E-state index in [2.05, 4.69) is 4.98 Å². The first-order valence-electron chi connectivity index (χ1n) is 6.86. The fraction of sp³-hybridized carbons (Fsp3) is 0.0588. The molecule has 0 unspecified atom stereocenters. The van der Waals surface area contributed by atoms with Crippen LogP contribution in [-0.4, -0.2) is 21.2 Å². The summed E-state index contributed by atoms with van der Waals surface area (Å²) in [6.07, 6.45) is 0. The highest BCUT2D eigenvalue weighted by molar-refractivity contribution is 6.09. The summed E-state index contributed by atoms with van der Waals surface area (Å²) < 4.78 is 18.8. The summed E-state index contributed by atoms with van der Waals surface area (Å²) in [5, 5.41) is 19.6. The summed E-state index contributed by atoms with van der Waals surface area (Å²) in [5.74, 6) is -1.74. The highest BCUT2D eigenvalue weighted by Gasteiger charge is 2.29. The molecule has 2 aromatic carbocycles. The highest BCUT2D eigenvalue weighted by atomic mass is 19.1. The summed E-state index contributed by atoms with van der Waals surface area (Å²) in [6, 6.07) is 8.46. The Hall–Kier alpha value is -3.15. The molecule has 0 amide bonds. The van der Waals surface area contributed by atoms with Crippen LogP contribution in [-0.2, 0) is 11.3 Å². The van der Waals surface area contributed by atoms with Gasteiger partial charge in [0.05, 0.1) is 16.8 Å². The molecular formula is C17H10FNO4. The number of phenolic OH excluding ortho intramolecular Hbond substituents is 2. The first-order chi connectivity index (χ1) is 11.0. The molecule has 23 heavy (non-hydrogen) atoms. The van der Waals surface area contributed by atoms with Gasteiger partial charge in [0.1, 0.15) is 12.4 Å². The van der Waals surface area contributed by atoms with E-state index in [-0.39, 0.29) is 17.9 Å². The average molecular weight is 311 g/mol. The van der Waals surface area contributed by atoms with Gasteiger partial charge in [-0.3, -0.25) is 0 Å². The number of aromatic hydroxyl groups is 2. The van der Waals surface area contributed by atoms with E-state index in [1.807, 2.05) is 0 Å². The molecule has 1 aromatic heterocycles. The monoisotopic (exact) mass is 311 g/mol. The Kier molecular flexibility index (Phi) is 2.74. The average Bonchev–Trinajstić information content (AvgIpc) is 2.89. The zero-order valence-electron chi connectivity index (χ0n) is 11.7. The maximum atomic E-state index is 13.8. The van der Waals surface area contributed by atoms with Crippen LogP contribution in [0.1, 0.15) is 16.1 Å². The molecule has 0 bridgehead atoms. The number of fused-ring (bicyclic) bond motifs is 2. The van der Waals surface area contributed by atoms with Crippen molar-refractivity contribution >= 4 is 16.9 Å². The van der Waals surface area contributed by atoms with Crippen molar-refractivity contribution in [2.45, 2.75) is 6.61 Å². The van der Waals surface area contributed by atoms with Gasteiger partial charge in [0.25, 0.3) is 0 Å². The highest BCUT2D eigenvalue weighted by Crippen LogP contribution is 2.38. The SMILES string of the molecule is O=C1OCc2nc3cc(O)ccc3c(-c3ccc(O)c(F)c3)c21. The van der Waals surface area contributed by atoms with Crippen molar-refractivity contribution in [3.63, 3.8) is 0 Å². The molecule has 2 N–H and O–H groups in total. The Morgan fingerprint density at radius 1 is 1.09 bits per heavy atom. The van der Waals surface area contributed by atoms with Crippen LogP contribution >= 0.6 is 0 Å². The summed E-state index contributed by atoms with van der Waals surface area (Å²) in [5.41, 5.74) is 2.11. The molecule has 0 fully saturated rings. The molecule has 0 spiro atoms. The number of nitrogens with zero attached hydrogens (tertiary/aromatic N) is 1. The van der Waals surface area contributed by atoms with Crippen molar-refractivity contribution in [1.29, 1.82) is 0 Å². The number of benzene rings is 2. The van der Waals surface area contributed by atoms with Crippen molar-refractivity contribution in [2.24, 2.45) is 0 Å². The third-order valence-electron chi connectivity index (χ3n) is 3.83. The van der Waals surface area contributed by atoms with Crippen molar-refractivity contribution in [1.82, 2.24) is 4.98 Å². The van der Waals surface area contributed by atoms with Gasteiger partial charge in [-0.15, -0.1) is 0 Å². The van der Waals surface area contributed by atoms with E-state index in [1.54, 1.807) is 6.07 Å². The first kappa shape index (κ1) is 13.5. The summed E-state index contributed by atoms with van der Waals surface area (Å²) in [6.45, 7) is 0.0350. The van der Waals surface area contributed by atoms with Gasteiger partial charge >= 0.3 is 5.97 Å². The van der Waals surface area contributed by atoms with Crippen LogP contribution in [0.5, 0.6) is 11.5 Å². The van der Waals surface area contributed by atoms with Gasteiger partial charge in [0.15, 0.2) is 11.6 Å². The number of pyridine rings is 1. The van der Waals surface area contributed by atoms with E-state index in [9.17, 15) is 19.4 Å². The first-order valence-corrected chi connectivity index (χ1v) is 6.86. The maximum absolute atomic E-state index is 13.8. The molecule has 5 nitrogen and oxygen atoms in total. The third kappa shape index (κ3) is 1.99. The molecule has 1 aliphatic heterocycles. The van der Waals surface area contributed by atoms with Crippen LogP contribution in [0.2, 0.25) is 0 Å². The van der Waals surface area contributed by atoms with Crippen molar-refractivity contribution in [2.75, 3.05) is 0 Å². The number of hydrogen-bond donors (Lipinski definition) is 2. The lowest BCUT2D eigenvalue weighted by Gasteiger charge is -2.11. The van der Waals surface area contributed by atoms with Crippen molar-refractivity contribution in [3.8, 4) is 22.6 Å². The molecule has 0 atom stereocenters. The largest absolute Gasteiger partial charge is 0.508 e. The van der Waals surface area contributed by atoms with Gasteiger partial charge in [-0.2, -0.15) is 0 Å². The number of carbonyl (C=O) groups excluding carboxylic acids is 1. The normalized spacial score (nSPS) is 13.2. The van der Waals surface area contributed by atoms with E-state index in [0.29, 0.717) is 27.7 Å². The van der Waals surface area contributed by atoms with Crippen LogP contribution in [0.15, 0.2) is 36.4 Å². The molecule has 4 rings (SSSR count). The Balaban J connectivity index is 2.13. The Morgan fingerprint density at radius 3 is 2.70 bits per heavy atom. The van der Waals surface area contributed by atoms with Crippen molar-refractivity contribution in [3.05, 3.63) is 53.5 Å². The molecule has 3 aromatic rings. The number of carbonyl (C=O) groups is 1. The minimum atomic E-state index is -0.786. The van der Waals surface area contributed by atoms with Crippen LogP contribution in [0.3, 0.4) is 0 Å². The van der Waals surface area contributed by atoms with Crippen molar-refractivity contribution < 1.29 is 24.1 Å². The second-order valence-corrected chi connectivity index (χ2v) is 5.25. The standard InChI is InChI=1S/C17H10FNO4/c18-11-5-8(1-4-14(11)21)15-10-3-2-9(20)6-12(10)19-13-7-23-17(22)16(13)15/h1-6,20-21H,7H2. The smallest absolute Gasteiger partial charge is 0.341 e. The number of cyclic esters (lactones) is 1. The number of phenols is 2. The summed E-state index contributed by atoms with van der Waals surface area (Å²) in [4.78, 5) is 16.4. The lowest BCUT2D eigenvalue weighted by Crippen LogP contribution is -2.00. The minimum absolute atomic E-state index is 0.0350. The molecule has 0 saturated carbocycles. The predicted octanol–water partition coefficient (Wildman–Crippen LogP) is 3.12. The van der Waals surface area contributed by atoms with Crippen LogP contribution in [0.4, 0.5) is 4.39 Å². The lowest BCUT2D eigenvalue weighted by molar-refractivity contribution is 0.0534. The second-order valence-electron chi connectivity index (χ2n) is 5.25. The molecule has 2 heterocycles. The van der Waals surface area contributed by atoms with Crippen LogP contribution < -0.4 is 0 Å². The Labute approximate surface area is 129 Å². The molecule has 0 radical (unpaired) electrons. The molecule has 0 aliphatic carbocycles. The third-order valence-corrected chi connectivity index (χ3v) is 3.83. The van der Waals surface area contributed by atoms with E-state index in [0.717, 1.165) is 6.07 Å². The number of rotatable bonds is 1. The molecular weight excluding hydrogens is 301 g/mol. The number of halogens is 1. The van der Waals surface area contributed by atoms with E-state index >= 15 is 0 Å². The number of hydrogen-bond acceptors (Lipinski definition) is 5. The Morgan fingerprint density at radius 2 is 1.91 bits per heavy atom. The fourth-order valence-corrected chi connectivity index (χ4v) is 2.80. The summed E-state index contributed by atoms with van der Waals surface area (Å²) >= 11 is 0. The molecule has 1 aliphatic rings. The van der Waals surface area contributed by atoms with Gasteiger partial charge < -0.3 is 14.9 Å². The zero-order chi connectivity index (χ0) is 16.1.